The highest BCUT2D eigenvalue weighted by atomic mass is 32.2. The lowest BCUT2D eigenvalue weighted by Crippen LogP contribution is -2.52. The van der Waals surface area contributed by atoms with Crippen molar-refractivity contribution in [2.75, 3.05) is 19.3 Å². The van der Waals surface area contributed by atoms with Crippen LogP contribution in [0.3, 0.4) is 0 Å². The van der Waals surface area contributed by atoms with E-state index in [-0.39, 0.29) is 18.4 Å². The molecule has 2 N–H and O–H groups in total. The molecule has 2 fully saturated rings. The molecule has 5 atom stereocenters. The number of nitrogens with zero attached hydrogens (tertiary/aromatic N) is 4. The molecule has 5 rings (SSSR count). The number of amidine groups is 1. The van der Waals surface area contributed by atoms with Gasteiger partial charge in [-0.2, -0.15) is 0 Å². The van der Waals surface area contributed by atoms with Crippen LogP contribution in [0.1, 0.15) is 37.4 Å². The highest BCUT2D eigenvalue weighted by Gasteiger charge is 2.48. The van der Waals surface area contributed by atoms with Gasteiger partial charge >= 0.3 is 0 Å². The van der Waals surface area contributed by atoms with E-state index in [1.165, 1.54) is 0 Å². The minimum atomic E-state index is -1.25. The molecule has 2 aromatic rings. The summed E-state index contributed by atoms with van der Waals surface area (Å²) in [6.07, 6.45) is 2.59. The normalized spacial score (nSPS) is 29.9. The lowest BCUT2D eigenvalue weighted by atomic mass is 9.91. The Kier molecular flexibility index (Phi) is 6.37. The van der Waals surface area contributed by atoms with Gasteiger partial charge in [0.15, 0.2) is 5.54 Å². The number of hydrogen-bond donors (Lipinski definition) is 2. The molecule has 4 heterocycles. The van der Waals surface area contributed by atoms with Crippen LogP contribution < -0.4 is 5.32 Å². The lowest BCUT2D eigenvalue weighted by molar-refractivity contribution is -0.134. The molecule has 186 valence electrons. The van der Waals surface area contributed by atoms with Crippen LogP contribution in [0, 0.1) is 6.92 Å². The van der Waals surface area contributed by atoms with E-state index in [0.29, 0.717) is 25.2 Å². The molecule has 3 aliphatic heterocycles. The van der Waals surface area contributed by atoms with Crippen LogP contribution >= 0.6 is 11.3 Å². The van der Waals surface area contributed by atoms with Crippen molar-refractivity contribution in [1.29, 1.82) is 0 Å². The lowest BCUT2D eigenvalue weighted by Gasteiger charge is -2.30. The number of likely N-dealkylation sites (tertiary alicyclic amines) is 1. The number of aliphatic hydroxyl groups is 1. The monoisotopic (exact) mass is 515 g/mol. The van der Waals surface area contributed by atoms with Gasteiger partial charge in [-0.05, 0) is 37.8 Å². The average molecular weight is 516 g/mol. The Labute approximate surface area is 210 Å². The molecule has 0 aliphatic carbocycles. The second-order valence-electron chi connectivity index (χ2n) is 9.49. The van der Waals surface area contributed by atoms with E-state index in [9.17, 15) is 18.9 Å². The molecule has 1 aromatic carbocycles. The van der Waals surface area contributed by atoms with E-state index in [1.807, 2.05) is 36.7 Å². The first kappa shape index (κ1) is 24.2. The maximum atomic E-state index is 13.4. The van der Waals surface area contributed by atoms with Crippen molar-refractivity contribution >= 4 is 40.0 Å². The summed E-state index contributed by atoms with van der Waals surface area (Å²) in [5.41, 5.74) is 3.42. The Morgan fingerprint density at radius 3 is 2.71 bits per heavy atom. The van der Waals surface area contributed by atoms with Crippen LogP contribution in [-0.4, -0.2) is 78.7 Å². The number of benzene rings is 1. The number of aliphatic hydroxyl groups excluding tert-OH is 1. The smallest absolute Gasteiger partial charge is 0.257 e. The van der Waals surface area contributed by atoms with Gasteiger partial charge in [-0.25, -0.2) is 18.5 Å². The number of amides is 2. The van der Waals surface area contributed by atoms with Crippen molar-refractivity contribution in [2.45, 2.75) is 56.8 Å². The quantitative estimate of drug-likeness (QED) is 0.628. The van der Waals surface area contributed by atoms with Crippen LogP contribution in [0.5, 0.6) is 0 Å². The largest absolute Gasteiger partial charge is 0.391 e. The first-order valence-corrected chi connectivity index (χ1v) is 14.1. The number of carbonyl (C=O) groups excluding carboxylic acids is 2. The van der Waals surface area contributed by atoms with Gasteiger partial charge in [-0.15, -0.1) is 11.3 Å². The van der Waals surface area contributed by atoms with Crippen molar-refractivity contribution in [2.24, 2.45) is 4.99 Å². The maximum Gasteiger partial charge on any atom is 0.257 e. The van der Waals surface area contributed by atoms with Gasteiger partial charge in [0.05, 0.1) is 39.2 Å². The Hall–Kier alpha value is -2.47. The summed E-state index contributed by atoms with van der Waals surface area (Å²) in [7, 11) is -1.25. The SMILES string of the molecule is Cc1ncsc1-c1ccc(C2(C)N=C(C3CC(O)CN3C(=O)C3CCCN3S(C)=O)NC2=O)cc1. The van der Waals surface area contributed by atoms with Crippen molar-refractivity contribution in [3.8, 4) is 10.4 Å². The van der Waals surface area contributed by atoms with Gasteiger partial charge in [0, 0.05) is 25.8 Å². The van der Waals surface area contributed by atoms with E-state index in [1.54, 1.807) is 33.7 Å². The summed E-state index contributed by atoms with van der Waals surface area (Å²) in [6, 6.07) is 6.73. The van der Waals surface area contributed by atoms with Crippen molar-refractivity contribution in [3.63, 3.8) is 0 Å². The summed E-state index contributed by atoms with van der Waals surface area (Å²) in [4.78, 5) is 38.3. The molecule has 0 radical (unpaired) electrons. The van der Waals surface area contributed by atoms with Gasteiger partial charge in [0.2, 0.25) is 5.91 Å². The number of thiazole rings is 1. The number of nitrogens with one attached hydrogen (secondary N) is 1. The molecule has 2 saturated heterocycles. The van der Waals surface area contributed by atoms with E-state index in [2.05, 4.69) is 10.3 Å². The van der Waals surface area contributed by atoms with E-state index in [4.69, 9.17) is 4.99 Å². The summed E-state index contributed by atoms with van der Waals surface area (Å²) >= 11 is 1.57. The molecule has 3 aliphatic rings. The summed E-state index contributed by atoms with van der Waals surface area (Å²) in [5.74, 6) is -0.0406. The number of rotatable bonds is 5. The molecule has 0 spiro atoms. The standard InChI is InChI=1S/C24H29N5O4S2/c1-14-20(34-13-25-14)15-6-8-16(9-7-15)24(2)23(32)26-21(27-24)19-11-17(30)12-28(19)22(31)18-5-4-10-29(18)35(3)33/h6-9,13,17-19,30H,4-5,10-12H2,1-3H3,(H,26,27,32). The molecule has 2 amide bonds. The number of aryl methyl sites for hydroxylation is 1. The summed E-state index contributed by atoms with van der Waals surface area (Å²) < 4.78 is 13.8. The maximum absolute atomic E-state index is 13.4. The van der Waals surface area contributed by atoms with Crippen LogP contribution in [0.15, 0.2) is 34.8 Å². The van der Waals surface area contributed by atoms with Gasteiger partial charge in [0.25, 0.3) is 5.91 Å². The number of carbonyl (C=O) groups is 2. The van der Waals surface area contributed by atoms with Gasteiger partial charge < -0.3 is 15.3 Å². The Morgan fingerprint density at radius 1 is 1.31 bits per heavy atom. The van der Waals surface area contributed by atoms with E-state index < -0.39 is 34.7 Å². The Bertz CT molecular complexity index is 1210. The molecule has 5 unspecified atom stereocenters. The second-order valence-corrected chi connectivity index (χ2v) is 11.7. The van der Waals surface area contributed by atoms with Crippen molar-refractivity contribution < 1.29 is 18.9 Å². The highest BCUT2D eigenvalue weighted by Crippen LogP contribution is 2.35. The first-order chi connectivity index (χ1) is 16.7. The fraction of sp³-hybridized carbons (Fsp3) is 0.500. The van der Waals surface area contributed by atoms with E-state index >= 15 is 0 Å². The predicted octanol–water partition coefficient (Wildman–Crippen LogP) is 1.58. The van der Waals surface area contributed by atoms with Crippen LogP contribution in [0.4, 0.5) is 0 Å². The molecule has 0 saturated carbocycles. The first-order valence-electron chi connectivity index (χ1n) is 11.7. The number of hydrogen-bond acceptors (Lipinski definition) is 7. The molecule has 35 heavy (non-hydrogen) atoms. The molecular weight excluding hydrogens is 486 g/mol. The zero-order valence-corrected chi connectivity index (χ0v) is 21.6. The second kappa shape index (κ2) is 9.20. The van der Waals surface area contributed by atoms with Gasteiger partial charge in [-0.3, -0.25) is 9.59 Å². The van der Waals surface area contributed by atoms with Crippen LogP contribution in [0.25, 0.3) is 10.4 Å². The highest BCUT2D eigenvalue weighted by molar-refractivity contribution is 7.81. The predicted molar refractivity (Wildman–Crippen MR) is 135 cm³/mol. The molecule has 9 nitrogen and oxygen atoms in total. The van der Waals surface area contributed by atoms with E-state index in [0.717, 1.165) is 28.1 Å². The molecule has 1 aromatic heterocycles. The molecule has 0 bridgehead atoms. The molecule has 11 heteroatoms. The average Bonchev–Trinajstić information content (AvgIpc) is 3.61. The summed E-state index contributed by atoms with van der Waals surface area (Å²) in [5, 5.41) is 13.3. The summed E-state index contributed by atoms with van der Waals surface area (Å²) in [6.45, 7) is 4.50. The van der Waals surface area contributed by atoms with Crippen LogP contribution in [0.2, 0.25) is 0 Å². The number of β-amino-alcohol motifs (C(OH)–C–C–N with tert-alkyl or cyclic N) is 1. The minimum absolute atomic E-state index is 0.165. The third-order valence-corrected chi connectivity index (χ3v) is 9.25. The van der Waals surface area contributed by atoms with Crippen molar-refractivity contribution in [1.82, 2.24) is 19.5 Å². The third-order valence-electron chi connectivity index (χ3n) is 7.18. The number of aliphatic imine (C=N–C) groups is 1. The minimum Gasteiger partial charge on any atom is -0.391 e. The third kappa shape index (κ3) is 4.24. The van der Waals surface area contributed by atoms with Crippen LogP contribution in [-0.2, 0) is 26.1 Å². The fourth-order valence-corrected chi connectivity index (χ4v) is 6.99. The Morgan fingerprint density at radius 2 is 2.06 bits per heavy atom. The van der Waals surface area contributed by atoms with Gasteiger partial charge in [0.1, 0.15) is 11.9 Å². The molecular formula is C24H29N5O4S2. The fourth-order valence-electron chi connectivity index (χ4n) is 5.24. The Balaban J connectivity index is 1.41. The zero-order valence-electron chi connectivity index (χ0n) is 19.9. The van der Waals surface area contributed by atoms with Crippen molar-refractivity contribution in [3.05, 3.63) is 41.0 Å². The van der Waals surface area contributed by atoms with Gasteiger partial charge in [-0.1, -0.05) is 24.3 Å². The number of aromatic nitrogens is 1. The topological polar surface area (TPSA) is 115 Å². The zero-order chi connectivity index (χ0) is 24.9.